The summed E-state index contributed by atoms with van der Waals surface area (Å²) in [6.45, 7) is 0.480. The second-order valence-corrected chi connectivity index (χ2v) is 4.07. The van der Waals surface area contributed by atoms with Gasteiger partial charge in [0, 0.05) is 6.54 Å². The largest absolute Gasteiger partial charge is 0.480 e. The third-order valence-electron chi connectivity index (χ3n) is 2.54. The number of hydrogen-bond acceptors (Lipinski definition) is 3. The Balaban J connectivity index is 2.54. The molecule has 0 aliphatic carbocycles. The molecule has 6 nitrogen and oxygen atoms in total. The van der Waals surface area contributed by atoms with Gasteiger partial charge in [-0.3, -0.25) is 10.2 Å². The Kier molecular flexibility index (Phi) is 5.13. The maximum absolute atomic E-state index is 10.6. The van der Waals surface area contributed by atoms with Gasteiger partial charge in [0.25, 0.3) is 0 Å². The number of benzene rings is 1. The van der Waals surface area contributed by atoms with Crippen molar-refractivity contribution in [2.75, 3.05) is 0 Å². The Bertz CT molecular complexity index is 434. The zero-order chi connectivity index (χ0) is 13.5. The van der Waals surface area contributed by atoms with Gasteiger partial charge in [-0.05, 0) is 24.0 Å². The molecular weight excluding hydrogens is 232 g/mol. The van der Waals surface area contributed by atoms with Gasteiger partial charge in [-0.1, -0.05) is 24.3 Å². The van der Waals surface area contributed by atoms with E-state index in [1.807, 2.05) is 24.3 Å². The van der Waals surface area contributed by atoms with Crippen LogP contribution < -0.4 is 16.8 Å². The number of hydrogen-bond donors (Lipinski definition) is 5. The van der Waals surface area contributed by atoms with Crippen LogP contribution in [-0.4, -0.2) is 23.1 Å². The van der Waals surface area contributed by atoms with E-state index in [0.29, 0.717) is 19.4 Å². The fourth-order valence-electron chi connectivity index (χ4n) is 1.54. The van der Waals surface area contributed by atoms with Crippen molar-refractivity contribution in [2.24, 2.45) is 11.5 Å². The third-order valence-corrected chi connectivity index (χ3v) is 2.54. The van der Waals surface area contributed by atoms with E-state index in [1.165, 1.54) is 0 Å². The predicted octanol–water partition coefficient (Wildman–Crippen LogP) is 0.0142. The van der Waals surface area contributed by atoms with Gasteiger partial charge in [-0.15, -0.1) is 0 Å². The Hall–Kier alpha value is -2.08. The summed E-state index contributed by atoms with van der Waals surface area (Å²) < 4.78 is 0. The molecule has 98 valence electrons. The van der Waals surface area contributed by atoms with Crippen LogP contribution in [-0.2, 0) is 17.8 Å². The van der Waals surface area contributed by atoms with Crippen LogP contribution >= 0.6 is 0 Å². The van der Waals surface area contributed by atoms with Gasteiger partial charge in [-0.25, -0.2) is 0 Å². The maximum atomic E-state index is 10.6. The first-order valence-corrected chi connectivity index (χ1v) is 5.63. The van der Waals surface area contributed by atoms with Gasteiger partial charge < -0.3 is 21.9 Å². The van der Waals surface area contributed by atoms with E-state index in [2.05, 4.69) is 5.32 Å². The van der Waals surface area contributed by atoms with Crippen LogP contribution in [0.25, 0.3) is 0 Å². The average Bonchev–Trinajstić information content (AvgIpc) is 2.33. The van der Waals surface area contributed by atoms with Crippen molar-refractivity contribution < 1.29 is 9.90 Å². The summed E-state index contributed by atoms with van der Waals surface area (Å²) in [5.41, 5.74) is 12.7. The molecule has 0 aromatic heterocycles. The highest BCUT2D eigenvalue weighted by molar-refractivity contribution is 5.74. The molecule has 0 radical (unpaired) electrons. The molecule has 0 unspecified atom stereocenters. The van der Waals surface area contributed by atoms with Crippen molar-refractivity contribution in [1.29, 1.82) is 5.41 Å². The lowest BCUT2D eigenvalue weighted by atomic mass is 10.0. The molecular formula is C12H18N4O2. The lowest BCUT2D eigenvalue weighted by Gasteiger charge is -2.08. The van der Waals surface area contributed by atoms with Crippen molar-refractivity contribution in [3.05, 3.63) is 35.4 Å². The quantitative estimate of drug-likeness (QED) is 0.359. The van der Waals surface area contributed by atoms with Crippen LogP contribution in [0.15, 0.2) is 24.3 Å². The fraction of sp³-hybridized carbons (Fsp3) is 0.333. The molecule has 0 bridgehead atoms. The number of rotatable bonds is 6. The van der Waals surface area contributed by atoms with E-state index >= 15 is 0 Å². The number of carbonyl (C=O) groups is 1. The van der Waals surface area contributed by atoms with Gasteiger partial charge >= 0.3 is 5.97 Å². The first kappa shape index (κ1) is 14.0. The van der Waals surface area contributed by atoms with Crippen molar-refractivity contribution in [1.82, 2.24) is 5.32 Å². The van der Waals surface area contributed by atoms with E-state index in [0.717, 1.165) is 11.1 Å². The Morgan fingerprint density at radius 2 is 2.11 bits per heavy atom. The van der Waals surface area contributed by atoms with Crippen LogP contribution in [0.1, 0.15) is 17.5 Å². The molecule has 6 heteroatoms. The first-order valence-electron chi connectivity index (χ1n) is 5.63. The Morgan fingerprint density at radius 1 is 1.44 bits per heavy atom. The number of aryl methyl sites for hydroxylation is 1. The molecule has 0 aliphatic heterocycles. The molecule has 1 atom stereocenters. The molecule has 0 aliphatic rings. The molecule has 1 aromatic rings. The number of nitrogens with two attached hydrogens (primary N) is 2. The predicted molar refractivity (Wildman–Crippen MR) is 69.1 cm³/mol. The maximum Gasteiger partial charge on any atom is 0.320 e. The third kappa shape index (κ3) is 4.84. The van der Waals surface area contributed by atoms with Gasteiger partial charge in [0.1, 0.15) is 6.04 Å². The van der Waals surface area contributed by atoms with E-state index in [1.54, 1.807) is 0 Å². The second-order valence-electron chi connectivity index (χ2n) is 4.07. The van der Waals surface area contributed by atoms with E-state index in [9.17, 15) is 4.79 Å². The molecule has 0 saturated heterocycles. The summed E-state index contributed by atoms with van der Waals surface area (Å²) in [5.74, 6) is -1.06. The van der Waals surface area contributed by atoms with Crippen LogP contribution in [0.2, 0.25) is 0 Å². The number of carboxylic acid groups (broad SMARTS) is 1. The minimum atomic E-state index is -0.982. The normalized spacial score (nSPS) is 11.8. The SMILES string of the molecule is N=C(N)NCc1cccc(CC[C@H](N)C(=O)O)c1. The molecule has 1 rings (SSSR count). The molecule has 0 heterocycles. The average molecular weight is 250 g/mol. The lowest BCUT2D eigenvalue weighted by molar-refractivity contribution is -0.138. The van der Waals surface area contributed by atoms with Gasteiger partial charge in [-0.2, -0.15) is 0 Å². The molecule has 0 amide bonds. The molecule has 0 saturated carbocycles. The number of nitrogens with one attached hydrogen (secondary N) is 2. The smallest absolute Gasteiger partial charge is 0.320 e. The molecule has 0 spiro atoms. The van der Waals surface area contributed by atoms with Crippen molar-refractivity contribution >= 4 is 11.9 Å². The number of guanidine groups is 1. The highest BCUT2D eigenvalue weighted by atomic mass is 16.4. The summed E-state index contributed by atoms with van der Waals surface area (Å²) in [4.78, 5) is 10.6. The standard InChI is InChI=1S/C12H18N4O2/c13-10(11(17)18)5-4-8-2-1-3-9(6-8)7-16-12(14)15/h1-3,6,10H,4-5,7,13H2,(H,17,18)(H4,14,15,16)/t10-/m0/s1. The Morgan fingerprint density at radius 3 is 2.72 bits per heavy atom. The van der Waals surface area contributed by atoms with Gasteiger partial charge in [0.2, 0.25) is 0 Å². The number of carboxylic acids is 1. The zero-order valence-corrected chi connectivity index (χ0v) is 10.0. The van der Waals surface area contributed by atoms with Crippen molar-refractivity contribution in [2.45, 2.75) is 25.4 Å². The summed E-state index contributed by atoms with van der Waals surface area (Å²) in [7, 11) is 0. The molecule has 18 heavy (non-hydrogen) atoms. The highest BCUT2D eigenvalue weighted by Crippen LogP contribution is 2.08. The summed E-state index contributed by atoms with van der Waals surface area (Å²) in [5, 5.41) is 18.5. The summed E-state index contributed by atoms with van der Waals surface area (Å²) in [6.07, 6.45) is 1.01. The van der Waals surface area contributed by atoms with Crippen LogP contribution in [0.4, 0.5) is 0 Å². The molecule has 0 fully saturated rings. The molecule has 7 N–H and O–H groups in total. The van der Waals surface area contributed by atoms with Crippen LogP contribution in [0.5, 0.6) is 0 Å². The monoisotopic (exact) mass is 250 g/mol. The van der Waals surface area contributed by atoms with Crippen molar-refractivity contribution in [3.63, 3.8) is 0 Å². The second kappa shape index (κ2) is 6.61. The topological polar surface area (TPSA) is 125 Å². The van der Waals surface area contributed by atoms with E-state index < -0.39 is 12.0 Å². The Labute approximate surface area is 105 Å². The minimum Gasteiger partial charge on any atom is -0.480 e. The first-order chi connectivity index (χ1) is 8.49. The van der Waals surface area contributed by atoms with E-state index in [4.69, 9.17) is 22.0 Å². The summed E-state index contributed by atoms with van der Waals surface area (Å²) in [6, 6.07) is 6.84. The summed E-state index contributed by atoms with van der Waals surface area (Å²) >= 11 is 0. The highest BCUT2D eigenvalue weighted by Gasteiger charge is 2.10. The van der Waals surface area contributed by atoms with Crippen LogP contribution in [0.3, 0.4) is 0 Å². The number of aliphatic carboxylic acids is 1. The zero-order valence-electron chi connectivity index (χ0n) is 10.0. The van der Waals surface area contributed by atoms with Gasteiger partial charge in [0.15, 0.2) is 5.96 Å². The minimum absolute atomic E-state index is 0.0756. The molecule has 1 aromatic carbocycles. The van der Waals surface area contributed by atoms with Crippen molar-refractivity contribution in [3.8, 4) is 0 Å². The van der Waals surface area contributed by atoms with Gasteiger partial charge in [0.05, 0.1) is 0 Å². The van der Waals surface area contributed by atoms with E-state index in [-0.39, 0.29) is 5.96 Å². The lowest BCUT2D eigenvalue weighted by Crippen LogP contribution is -2.30. The fourth-order valence-corrected chi connectivity index (χ4v) is 1.54. The van der Waals surface area contributed by atoms with Crippen LogP contribution in [0, 0.1) is 5.41 Å².